The molecule has 0 N–H and O–H groups in total. The predicted molar refractivity (Wildman–Crippen MR) is 229 cm³/mol. The Balaban J connectivity index is 1.18. The van der Waals surface area contributed by atoms with E-state index in [2.05, 4.69) is 211 Å². The number of benzene rings is 9. The molecule has 0 fully saturated rings. The fourth-order valence-corrected chi connectivity index (χ4v) is 9.21. The third-order valence-electron chi connectivity index (χ3n) is 11.5. The summed E-state index contributed by atoms with van der Waals surface area (Å²) >= 11 is 0. The molecule has 258 valence electrons. The molecule has 2 heteroatoms. The van der Waals surface area contributed by atoms with E-state index in [1.54, 1.807) is 0 Å². The van der Waals surface area contributed by atoms with Crippen LogP contribution in [-0.2, 0) is 5.41 Å². The lowest BCUT2D eigenvalue weighted by molar-refractivity contribution is 0.669. The van der Waals surface area contributed by atoms with E-state index in [-0.39, 0.29) is 0 Å². The number of anilines is 3. The standard InChI is InChI=1S/C53H35NO/c1-3-15-36(16-4-1)37-29-31-40(32-30-37)54(49-27-14-24-45-44(49)33-34-51-52(45)46-23-9-12-28-50(46)55-51)41-20-13-19-39(35-41)53(38-17-5-2-6-18-38)47-25-10-7-21-42(47)43-22-8-11-26-48(43)53/h1-35H. The summed E-state index contributed by atoms with van der Waals surface area (Å²) in [4.78, 5) is 2.43. The van der Waals surface area contributed by atoms with Crippen LogP contribution in [-0.4, -0.2) is 0 Å². The Kier molecular flexibility index (Phi) is 7.11. The fourth-order valence-electron chi connectivity index (χ4n) is 9.21. The van der Waals surface area contributed by atoms with Crippen molar-refractivity contribution in [2.45, 2.75) is 5.41 Å². The maximum Gasteiger partial charge on any atom is 0.136 e. The number of hydrogen-bond donors (Lipinski definition) is 0. The van der Waals surface area contributed by atoms with E-state index in [0.717, 1.165) is 44.4 Å². The van der Waals surface area contributed by atoms with Gasteiger partial charge in [-0.15, -0.1) is 0 Å². The van der Waals surface area contributed by atoms with E-state index in [1.165, 1.54) is 49.9 Å². The van der Waals surface area contributed by atoms with Crippen LogP contribution in [0.5, 0.6) is 0 Å². The summed E-state index contributed by atoms with van der Waals surface area (Å²) in [6, 6.07) is 77.1. The van der Waals surface area contributed by atoms with Crippen molar-refractivity contribution in [3.05, 3.63) is 235 Å². The first kappa shape index (κ1) is 31.4. The highest BCUT2D eigenvalue weighted by molar-refractivity contribution is 6.21. The predicted octanol–water partition coefficient (Wildman–Crippen LogP) is 14.2. The molecule has 11 rings (SSSR count). The first-order chi connectivity index (χ1) is 27.3. The number of fused-ring (bicyclic) bond motifs is 8. The molecule has 1 heterocycles. The van der Waals surface area contributed by atoms with Gasteiger partial charge in [-0.2, -0.15) is 0 Å². The molecule has 9 aromatic carbocycles. The van der Waals surface area contributed by atoms with E-state index in [4.69, 9.17) is 4.42 Å². The van der Waals surface area contributed by atoms with Crippen molar-refractivity contribution >= 4 is 49.8 Å². The van der Waals surface area contributed by atoms with E-state index in [9.17, 15) is 0 Å². The number of nitrogens with zero attached hydrogens (tertiary/aromatic N) is 1. The van der Waals surface area contributed by atoms with Crippen LogP contribution in [0.4, 0.5) is 17.1 Å². The van der Waals surface area contributed by atoms with Crippen molar-refractivity contribution in [1.29, 1.82) is 0 Å². The van der Waals surface area contributed by atoms with Gasteiger partial charge in [-0.3, -0.25) is 0 Å². The van der Waals surface area contributed by atoms with E-state index in [0.29, 0.717) is 0 Å². The molecule has 10 aromatic rings. The lowest BCUT2D eigenvalue weighted by atomic mass is 9.67. The van der Waals surface area contributed by atoms with Crippen LogP contribution in [0.2, 0.25) is 0 Å². The molecule has 0 saturated heterocycles. The highest BCUT2D eigenvalue weighted by Crippen LogP contribution is 2.56. The molecule has 0 unspecified atom stereocenters. The van der Waals surface area contributed by atoms with E-state index >= 15 is 0 Å². The fraction of sp³-hybridized carbons (Fsp3) is 0.0189. The maximum absolute atomic E-state index is 6.36. The minimum absolute atomic E-state index is 0.506. The van der Waals surface area contributed by atoms with Crippen LogP contribution < -0.4 is 4.90 Å². The molecule has 1 aromatic heterocycles. The van der Waals surface area contributed by atoms with Gasteiger partial charge >= 0.3 is 0 Å². The molecule has 0 amide bonds. The second-order valence-electron chi connectivity index (χ2n) is 14.4. The Bertz CT molecular complexity index is 2990. The topological polar surface area (TPSA) is 16.4 Å². The van der Waals surface area contributed by atoms with Crippen LogP contribution in [0.25, 0.3) is 55.0 Å². The van der Waals surface area contributed by atoms with Gasteiger partial charge in [-0.25, -0.2) is 0 Å². The molecular weight excluding hydrogens is 667 g/mol. The van der Waals surface area contributed by atoms with Crippen molar-refractivity contribution < 1.29 is 4.42 Å². The molecule has 0 saturated carbocycles. The van der Waals surface area contributed by atoms with Gasteiger partial charge < -0.3 is 9.32 Å². The van der Waals surface area contributed by atoms with Crippen LogP contribution in [0.3, 0.4) is 0 Å². The molecule has 0 radical (unpaired) electrons. The number of rotatable bonds is 6. The van der Waals surface area contributed by atoms with Crippen LogP contribution in [0, 0.1) is 0 Å². The highest BCUT2D eigenvalue weighted by atomic mass is 16.3. The van der Waals surface area contributed by atoms with E-state index in [1.807, 2.05) is 6.07 Å². The summed E-state index contributed by atoms with van der Waals surface area (Å²) in [5, 5.41) is 4.60. The SMILES string of the molecule is c1ccc(-c2ccc(N(c3cccc(C4(c5ccccc5)c5ccccc5-c5ccccc54)c3)c3cccc4c3ccc3oc5ccccc5c34)cc2)cc1. The molecule has 0 atom stereocenters. The molecule has 0 aliphatic heterocycles. The molecule has 0 bridgehead atoms. The summed E-state index contributed by atoms with van der Waals surface area (Å²) in [6.45, 7) is 0. The Morgan fingerprint density at radius 2 is 0.964 bits per heavy atom. The van der Waals surface area contributed by atoms with Crippen molar-refractivity contribution in [2.75, 3.05) is 4.90 Å². The number of furan rings is 1. The lowest BCUT2D eigenvalue weighted by Crippen LogP contribution is -2.28. The van der Waals surface area contributed by atoms with Crippen LogP contribution >= 0.6 is 0 Å². The third kappa shape index (κ3) is 4.75. The van der Waals surface area contributed by atoms with Crippen molar-refractivity contribution in [1.82, 2.24) is 0 Å². The van der Waals surface area contributed by atoms with Crippen molar-refractivity contribution in [3.8, 4) is 22.3 Å². The van der Waals surface area contributed by atoms with Gasteiger partial charge in [0, 0.05) is 27.5 Å². The van der Waals surface area contributed by atoms with Gasteiger partial charge in [0.15, 0.2) is 0 Å². The summed E-state index contributed by atoms with van der Waals surface area (Å²) in [7, 11) is 0. The van der Waals surface area contributed by atoms with E-state index < -0.39 is 5.41 Å². The van der Waals surface area contributed by atoms with Gasteiger partial charge in [-0.05, 0) is 98.4 Å². The zero-order valence-corrected chi connectivity index (χ0v) is 30.1. The second-order valence-corrected chi connectivity index (χ2v) is 14.4. The minimum Gasteiger partial charge on any atom is -0.456 e. The van der Waals surface area contributed by atoms with Crippen LogP contribution in [0.15, 0.2) is 217 Å². The van der Waals surface area contributed by atoms with Crippen molar-refractivity contribution in [2.24, 2.45) is 0 Å². The quantitative estimate of drug-likeness (QED) is 0.172. The second kappa shape index (κ2) is 12.5. The Morgan fingerprint density at radius 3 is 1.73 bits per heavy atom. The summed E-state index contributed by atoms with van der Waals surface area (Å²) in [5.41, 5.74) is 14.6. The average Bonchev–Trinajstić information content (AvgIpc) is 3.79. The Labute approximate surface area is 320 Å². The number of para-hydroxylation sites is 1. The van der Waals surface area contributed by atoms with Gasteiger partial charge in [-0.1, -0.05) is 164 Å². The monoisotopic (exact) mass is 701 g/mol. The average molecular weight is 702 g/mol. The summed E-state index contributed by atoms with van der Waals surface area (Å²) in [5.74, 6) is 0. The van der Waals surface area contributed by atoms with Crippen LogP contribution in [0.1, 0.15) is 22.3 Å². The molecule has 1 aliphatic rings. The highest BCUT2D eigenvalue weighted by Gasteiger charge is 2.46. The van der Waals surface area contributed by atoms with Gasteiger partial charge in [0.1, 0.15) is 11.2 Å². The molecule has 55 heavy (non-hydrogen) atoms. The Morgan fingerprint density at radius 1 is 0.364 bits per heavy atom. The van der Waals surface area contributed by atoms with Gasteiger partial charge in [0.2, 0.25) is 0 Å². The largest absolute Gasteiger partial charge is 0.456 e. The van der Waals surface area contributed by atoms with Crippen molar-refractivity contribution in [3.63, 3.8) is 0 Å². The maximum atomic E-state index is 6.36. The van der Waals surface area contributed by atoms with Gasteiger partial charge in [0.25, 0.3) is 0 Å². The lowest BCUT2D eigenvalue weighted by Gasteiger charge is -2.35. The first-order valence-electron chi connectivity index (χ1n) is 18.9. The molecule has 2 nitrogen and oxygen atoms in total. The first-order valence-corrected chi connectivity index (χ1v) is 18.9. The molecule has 0 spiro atoms. The summed E-state index contributed by atoms with van der Waals surface area (Å²) in [6.07, 6.45) is 0. The zero-order chi connectivity index (χ0) is 36.3. The van der Waals surface area contributed by atoms with Gasteiger partial charge in [0.05, 0.1) is 11.1 Å². The normalized spacial score (nSPS) is 12.9. The minimum atomic E-state index is -0.506. The third-order valence-corrected chi connectivity index (χ3v) is 11.5. The Hall–Kier alpha value is -7.16. The molecular formula is C53H35NO. The summed E-state index contributed by atoms with van der Waals surface area (Å²) < 4.78 is 6.36. The smallest absolute Gasteiger partial charge is 0.136 e. The zero-order valence-electron chi connectivity index (χ0n) is 30.1. The molecule has 1 aliphatic carbocycles. The number of hydrogen-bond acceptors (Lipinski definition) is 2.